The number of hydrogen-bond acceptors (Lipinski definition) is 5. The third-order valence-corrected chi connectivity index (χ3v) is 6.92. The molecule has 6 heteroatoms. The summed E-state index contributed by atoms with van der Waals surface area (Å²) < 4.78 is 6.20. The van der Waals surface area contributed by atoms with Crippen molar-refractivity contribution in [2.75, 3.05) is 12.9 Å². The van der Waals surface area contributed by atoms with Gasteiger partial charge in [0.25, 0.3) is 0 Å². The molecule has 1 fully saturated rings. The smallest absolute Gasteiger partial charge is 0.233 e. The Hall–Kier alpha value is -1.92. The van der Waals surface area contributed by atoms with Gasteiger partial charge in [-0.05, 0) is 42.2 Å². The zero-order valence-corrected chi connectivity index (χ0v) is 16.9. The Bertz CT molecular complexity index is 848. The molecule has 2 aromatic carbocycles. The number of methoxy groups -OCH3 is 1. The summed E-state index contributed by atoms with van der Waals surface area (Å²) in [6.07, 6.45) is 2.21. The third kappa shape index (κ3) is 4.68. The van der Waals surface area contributed by atoms with Crippen LogP contribution in [0.1, 0.15) is 24.0 Å². The Morgan fingerprint density at radius 3 is 2.74 bits per heavy atom. The number of fused-ring (bicyclic) bond motifs is 1. The Balaban J connectivity index is 1.37. The number of rotatable bonds is 6. The quantitative estimate of drug-likeness (QED) is 0.697. The number of carbonyl (C=O) groups is 1. The van der Waals surface area contributed by atoms with Gasteiger partial charge in [0, 0.05) is 18.3 Å². The Kier molecular flexibility index (Phi) is 5.74. The van der Waals surface area contributed by atoms with Crippen molar-refractivity contribution in [1.82, 2.24) is 4.90 Å². The fourth-order valence-electron chi connectivity index (χ4n) is 3.03. The minimum absolute atomic E-state index is 0.195. The van der Waals surface area contributed by atoms with Gasteiger partial charge in [-0.2, -0.15) is 0 Å². The molecule has 0 spiro atoms. The molecule has 0 aromatic heterocycles. The summed E-state index contributed by atoms with van der Waals surface area (Å²) in [5, 5.41) is 0. The molecule has 2 aromatic rings. The maximum atomic E-state index is 12.9. The van der Waals surface area contributed by atoms with Gasteiger partial charge in [0.2, 0.25) is 5.91 Å². The van der Waals surface area contributed by atoms with Crippen molar-refractivity contribution in [1.29, 1.82) is 0 Å². The number of benzene rings is 2. The van der Waals surface area contributed by atoms with Crippen LogP contribution in [0.4, 0.5) is 5.69 Å². The first kappa shape index (κ1) is 18.4. The summed E-state index contributed by atoms with van der Waals surface area (Å²) in [5.74, 6) is 2.40. The van der Waals surface area contributed by atoms with Gasteiger partial charge in [0.1, 0.15) is 10.1 Å². The van der Waals surface area contributed by atoms with E-state index in [-0.39, 0.29) is 5.91 Å². The summed E-state index contributed by atoms with van der Waals surface area (Å²) in [5.41, 5.74) is 3.43. The number of amides is 1. The molecule has 4 rings (SSSR count). The third-order valence-electron chi connectivity index (χ3n) is 4.69. The normalized spacial score (nSPS) is 15.7. The lowest BCUT2D eigenvalue weighted by molar-refractivity contribution is -0.129. The van der Waals surface area contributed by atoms with Crippen molar-refractivity contribution in [3.8, 4) is 5.75 Å². The molecule has 1 aliphatic carbocycles. The second-order valence-corrected chi connectivity index (χ2v) is 8.87. The lowest BCUT2D eigenvalue weighted by Gasteiger charge is -2.23. The fourth-order valence-corrected chi connectivity index (χ4v) is 4.98. The van der Waals surface area contributed by atoms with Crippen molar-refractivity contribution in [3.63, 3.8) is 0 Å². The van der Waals surface area contributed by atoms with Gasteiger partial charge in [-0.25, -0.2) is 4.99 Å². The van der Waals surface area contributed by atoms with Crippen LogP contribution in [0.5, 0.6) is 5.75 Å². The molecule has 0 N–H and O–H groups in total. The highest BCUT2D eigenvalue weighted by Crippen LogP contribution is 2.35. The SMILES string of the molecule is COc1ccc(CN(C(=O)CSC2=Nc3ccccc3CS2)C2CC2)cc1. The molecule has 1 aliphatic heterocycles. The van der Waals surface area contributed by atoms with E-state index in [1.54, 1.807) is 30.6 Å². The van der Waals surface area contributed by atoms with E-state index in [2.05, 4.69) is 6.07 Å². The van der Waals surface area contributed by atoms with Crippen LogP contribution in [-0.2, 0) is 17.1 Å². The molecule has 2 aliphatic rings. The maximum Gasteiger partial charge on any atom is 0.233 e. The van der Waals surface area contributed by atoms with E-state index in [0.29, 0.717) is 18.3 Å². The van der Waals surface area contributed by atoms with Gasteiger partial charge in [0.05, 0.1) is 18.6 Å². The summed E-state index contributed by atoms with van der Waals surface area (Å²) in [7, 11) is 1.66. The number of para-hydroxylation sites is 1. The minimum atomic E-state index is 0.195. The van der Waals surface area contributed by atoms with E-state index in [0.717, 1.165) is 40.0 Å². The van der Waals surface area contributed by atoms with Crippen molar-refractivity contribution in [2.24, 2.45) is 4.99 Å². The molecule has 4 nitrogen and oxygen atoms in total. The van der Waals surface area contributed by atoms with E-state index >= 15 is 0 Å². The topological polar surface area (TPSA) is 41.9 Å². The zero-order valence-electron chi connectivity index (χ0n) is 15.3. The summed E-state index contributed by atoms with van der Waals surface area (Å²) >= 11 is 3.28. The Morgan fingerprint density at radius 2 is 2.00 bits per heavy atom. The molecule has 0 radical (unpaired) electrons. The molecule has 0 saturated heterocycles. The van der Waals surface area contributed by atoms with E-state index in [1.165, 1.54) is 5.56 Å². The van der Waals surface area contributed by atoms with Crippen molar-refractivity contribution in [3.05, 3.63) is 59.7 Å². The predicted molar refractivity (Wildman–Crippen MR) is 114 cm³/mol. The van der Waals surface area contributed by atoms with Gasteiger partial charge < -0.3 is 9.64 Å². The van der Waals surface area contributed by atoms with Gasteiger partial charge in [-0.15, -0.1) is 0 Å². The minimum Gasteiger partial charge on any atom is -0.497 e. The first-order valence-electron chi connectivity index (χ1n) is 9.07. The second kappa shape index (κ2) is 8.40. The number of nitrogens with zero attached hydrogens (tertiary/aromatic N) is 2. The Morgan fingerprint density at radius 1 is 1.22 bits per heavy atom. The first-order valence-corrected chi connectivity index (χ1v) is 11.0. The van der Waals surface area contributed by atoms with Crippen LogP contribution in [0.2, 0.25) is 0 Å². The largest absolute Gasteiger partial charge is 0.497 e. The summed E-state index contributed by atoms with van der Waals surface area (Å²) in [4.78, 5) is 19.6. The highest BCUT2D eigenvalue weighted by molar-refractivity contribution is 8.38. The van der Waals surface area contributed by atoms with Crippen molar-refractivity contribution in [2.45, 2.75) is 31.2 Å². The Labute approximate surface area is 168 Å². The second-order valence-electron chi connectivity index (χ2n) is 6.68. The van der Waals surface area contributed by atoms with Gasteiger partial charge in [-0.3, -0.25) is 4.79 Å². The lowest BCUT2D eigenvalue weighted by Crippen LogP contribution is -2.34. The van der Waals surface area contributed by atoms with E-state index in [1.807, 2.05) is 47.4 Å². The molecular formula is C21H22N2O2S2. The maximum absolute atomic E-state index is 12.9. The van der Waals surface area contributed by atoms with Crippen LogP contribution in [0.25, 0.3) is 0 Å². The van der Waals surface area contributed by atoms with E-state index < -0.39 is 0 Å². The van der Waals surface area contributed by atoms with Crippen molar-refractivity contribution >= 4 is 39.5 Å². The molecule has 1 saturated carbocycles. The highest BCUT2D eigenvalue weighted by Gasteiger charge is 2.32. The fraction of sp³-hybridized carbons (Fsp3) is 0.333. The van der Waals surface area contributed by atoms with Crippen LogP contribution in [0.15, 0.2) is 53.5 Å². The summed E-state index contributed by atoms with van der Waals surface area (Å²) in [6.45, 7) is 0.663. The highest BCUT2D eigenvalue weighted by atomic mass is 32.2. The van der Waals surface area contributed by atoms with Gasteiger partial charge >= 0.3 is 0 Å². The van der Waals surface area contributed by atoms with Crippen molar-refractivity contribution < 1.29 is 9.53 Å². The molecule has 27 heavy (non-hydrogen) atoms. The van der Waals surface area contributed by atoms with Crippen LogP contribution >= 0.6 is 23.5 Å². The molecule has 0 bridgehead atoms. The standard InChI is InChI=1S/C21H22N2O2S2/c1-25-18-10-6-15(7-11-18)12-23(17-8-9-17)20(24)14-27-21-22-19-5-3-2-4-16(19)13-26-21/h2-7,10-11,17H,8-9,12-14H2,1H3. The number of thioether (sulfide) groups is 2. The molecule has 0 unspecified atom stereocenters. The predicted octanol–water partition coefficient (Wildman–Crippen LogP) is 4.85. The molecule has 1 heterocycles. The van der Waals surface area contributed by atoms with Gasteiger partial charge in [-0.1, -0.05) is 53.9 Å². The number of carbonyl (C=O) groups excluding carboxylic acids is 1. The monoisotopic (exact) mass is 398 g/mol. The molecule has 140 valence electrons. The van der Waals surface area contributed by atoms with E-state index in [9.17, 15) is 4.79 Å². The lowest BCUT2D eigenvalue weighted by atomic mass is 10.2. The van der Waals surface area contributed by atoms with Crippen LogP contribution in [-0.4, -0.2) is 34.1 Å². The molecule has 0 atom stereocenters. The van der Waals surface area contributed by atoms with Gasteiger partial charge in [0.15, 0.2) is 0 Å². The summed E-state index contributed by atoms with van der Waals surface area (Å²) in [6, 6.07) is 16.6. The van der Waals surface area contributed by atoms with Crippen LogP contribution < -0.4 is 4.74 Å². The van der Waals surface area contributed by atoms with Crippen LogP contribution in [0, 0.1) is 0 Å². The molecular weight excluding hydrogens is 376 g/mol. The average Bonchev–Trinajstić information content (AvgIpc) is 3.55. The number of aliphatic imine (C=N–C) groups is 1. The first-order chi connectivity index (χ1) is 13.2. The zero-order chi connectivity index (χ0) is 18.6. The average molecular weight is 399 g/mol. The number of hydrogen-bond donors (Lipinski definition) is 0. The number of ether oxygens (including phenoxy) is 1. The molecule has 1 amide bonds. The van der Waals surface area contributed by atoms with Crippen LogP contribution in [0.3, 0.4) is 0 Å². The van der Waals surface area contributed by atoms with E-state index in [4.69, 9.17) is 9.73 Å².